The Morgan fingerprint density at radius 2 is 2.20 bits per heavy atom. The molecule has 1 aromatic rings. The molecule has 0 radical (unpaired) electrons. The molecule has 0 amide bonds. The van der Waals surface area contributed by atoms with Gasteiger partial charge in [-0.2, -0.15) is 5.10 Å². The first-order valence-electron chi connectivity index (χ1n) is 6.98. The van der Waals surface area contributed by atoms with E-state index in [9.17, 15) is 0 Å². The molecule has 0 aliphatic rings. The molecule has 1 aromatic heterocycles. The number of hydrazine groups is 1. The number of rotatable bonds is 9. The van der Waals surface area contributed by atoms with Gasteiger partial charge >= 0.3 is 0 Å². The molecule has 0 aliphatic carbocycles. The van der Waals surface area contributed by atoms with Crippen LogP contribution in [0.5, 0.6) is 0 Å². The van der Waals surface area contributed by atoms with Crippen molar-refractivity contribution < 1.29 is 4.74 Å². The molecule has 1 heterocycles. The Balaban J connectivity index is 2.98. The van der Waals surface area contributed by atoms with Crippen molar-refractivity contribution in [3.63, 3.8) is 0 Å². The van der Waals surface area contributed by atoms with Crippen molar-refractivity contribution in [3.8, 4) is 0 Å². The van der Waals surface area contributed by atoms with Gasteiger partial charge in [0.2, 0.25) is 0 Å². The van der Waals surface area contributed by atoms with Gasteiger partial charge in [0.25, 0.3) is 0 Å². The van der Waals surface area contributed by atoms with E-state index in [-0.39, 0.29) is 12.1 Å². The van der Waals surface area contributed by atoms with Gasteiger partial charge in [0.05, 0.1) is 35.6 Å². The lowest BCUT2D eigenvalue weighted by Crippen LogP contribution is -2.39. The summed E-state index contributed by atoms with van der Waals surface area (Å²) in [4.78, 5) is 2.10. The van der Waals surface area contributed by atoms with Crippen molar-refractivity contribution in [1.82, 2.24) is 20.1 Å². The number of nitrogens with one attached hydrogen (secondary N) is 1. The zero-order valence-electron chi connectivity index (χ0n) is 12.8. The van der Waals surface area contributed by atoms with Crippen LogP contribution < -0.4 is 11.3 Å². The summed E-state index contributed by atoms with van der Waals surface area (Å²) >= 11 is 6.29. The maximum Gasteiger partial charge on any atom is 0.0905 e. The van der Waals surface area contributed by atoms with Crippen LogP contribution in [0.25, 0.3) is 0 Å². The van der Waals surface area contributed by atoms with E-state index < -0.39 is 0 Å². The zero-order valence-corrected chi connectivity index (χ0v) is 13.5. The van der Waals surface area contributed by atoms with Crippen molar-refractivity contribution in [2.24, 2.45) is 5.84 Å². The molecule has 7 heteroatoms. The Bertz CT molecular complexity index is 396. The van der Waals surface area contributed by atoms with Crippen molar-refractivity contribution in [1.29, 1.82) is 0 Å². The van der Waals surface area contributed by atoms with Crippen LogP contribution in [0.3, 0.4) is 0 Å². The standard InChI is InChI=1S/C13H26ClN5O/c1-5-11(20-6-2)12(17-15)13-10(14)9-16-19(13)8-7-18(3)4/h9,11-12,17H,5-8,15H2,1-4H3. The van der Waals surface area contributed by atoms with Crippen molar-refractivity contribution >= 4 is 11.6 Å². The summed E-state index contributed by atoms with van der Waals surface area (Å²) < 4.78 is 7.65. The highest BCUT2D eigenvalue weighted by atomic mass is 35.5. The minimum absolute atomic E-state index is 0.0303. The molecule has 0 saturated heterocycles. The molecule has 0 bridgehead atoms. The molecule has 2 atom stereocenters. The molecule has 1 rings (SSSR count). The maximum atomic E-state index is 6.29. The Kier molecular flexibility index (Phi) is 7.47. The van der Waals surface area contributed by atoms with Gasteiger partial charge in [-0.15, -0.1) is 0 Å². The van der Waals surface area contributed by atoms with Crippen molar-refractivity contribution in [2.45, 2.75) is 39.0 Å². The van der Waals surface area contributed by atoms with Gasteiger partial charge in [-0.25, -0.2) is 5.43 Å². The molecule has 3 N–H and O–H groups in total. The van der Waals surface area contributed by atoms with Gasteiger partial charge in [0.1, 0.15) is 0 Å². The third-order valence-electron chi connectivity index (χ3n) is 3.22. The van der Waals surface area contributed by atoms with E-state index in [1.807, 2.05) is 25.7 Å². The van der Waals surface area contributed by atoms with Crippen LogP contribution in [0.15, 0.2) is 6.20 Å². The SMILES string of the molecule is CCOC(CC)C(NN)c1c(Cl)cnn1CCN(C)C. The number of hydrogen-bond acceptors (Lipinski definition) is 5. The van der Waals surface area contributed by atoms with E-state index >= 15 is 0 Å². The van der Waals surface area contributed by atoms with Crippen LogP contribution >= 0.6 is 11.6 Å². The van der Waals surface area contributed by atoms with Crippen LogP contribution in [0, 0.1) is 0 Å². The Labute approximate surface area is 126 Å². The minimum atomic E-state index is -0.169. The third-order valence-corrected chi connectivity index (χ3v) is 3.51. The monoisotopic (exact) mass is 303 g/mol. The number of nitrogens with zero attached hydrogens (tertiary/aromatic N) is 3. The lowest BCUT2D eigenvalue weighted by Gasteiger charge is -2.26. The molecular formula is C13H26ClN5O. The largest absolute Gasteiger partial charge is 0.376 e. The second-order valence-electron chi connectivity index (χ2n) is 4.95. The second-order valence-corrected chi connectivity index (χ2v) is 5.36. The summed E-state index contributed by atoms with van der Waals surface area (Å²) in [7, 11) is 4.05. The van der Waals surface area contributed by atoms with Crippen molar-refractivity contribution in [2.75, 3.05) is 27.2 Å². The number of nitrogens with two attached hydrogens (primary N) is 1. The fourth-order valence-corrected chi connectivity index (χ4v) is 2.44. The molecule has 0 spiro atoms. The highest BCUT2D eigenvalue weighted by molar-refractivity contribution is 6.31. The minimum Gasteiger partial charge on any atom is -0.376 e. The second kappa shape index (κ2) is 8.59. The molecule has 0 aromatic carbocycles. The number of hydrogen-bond donors (Lipinski definition) is 2. The topological polar surface area (TPSA) is 68.3 Å². The summed E-state index contributed by atoms with van der Waals surface area (Å²) in [5.74, 6) is 5.72. The van der Waals surface area contributed by atoms with Crippen molar-refractivity contribution in [3.05, 3.63) is 16.9 Å². The first-order chi connectivity index (χ1) is 9.54. The summed E-state index contributed by atoms with van der Waals surface area (Å²) in [5.41, 5.74) is 3.71. The lowest BCUT2D eigenvalue weighted by atomic mass is 10.1. The number of aromatic nitrogens is 2. The van der Waals surface area contributed by atoms with E-state index in [1.165, 1.54) is 0 Å². The van der Waals surface area contributed by atoms with Crippen LogP contribution in [0.2, 0.25) is 5.02 Å². The van der Waals surface area contributed by atoms with Crippen LogP contribution in [0.4, 0.5) is 0 Å². The van der Waals surface area contributed by atoms with Crippen LogP contribution in [-0.2, 0) is 11.3 Å². The normalized spacial score (nSPS) is 14.8. The fourth-order valence-electron chi connectivity index (χ4n) is 2.18. The molecule has 6 nitrogen and oxygen atoms in total. The maximum absolute atomic E-state index is 6.29. The fraction of sp³-hybridized carbons (Fsp3) is 0.769. The molecule has 116 valence electrons. The van der Waals surface area contributed by atoms with Gasteiger partial charge in [-0.3, -0.25) is 10.5 Å². The molecule has 0 saturated carbocycles. The smallest absolute Gasteiger partial charge is 0.0905 e. The number of likely N-dealkylation sites (N-methyl/N-ethyl adjacent to an activating group) is 1. The van der Waals surface area contributed by atoms with Gasteiger partial charge in [-0.1, -0.05) is 18.5 Å². The Hall–Kier alpha value is -0.660. The number of ether oxygens (including phenoxy) is 1. The highest BCUT2D eigenvalue weighted by Gasteiger charge is 2.27. The van der Waals surface area contributed by atoms with Gasteiger partial charge in [-0.05, 0) is 27.4 Å². The van der Waals surface area contributed by atoms with E-state index in [1.54, 1.807) is 6.20 Å². The quantitative estimate of drug-likeness (QED) is 0.533. The van der Waals surface area contributed by atoms with Crippen LogP contribution in [-0.4, -0.2) is 48.0 Å². The molecule has 0 aliphatic heterocycles. The molecule has 2 unspecified atom stereocenters. The number of halogens is 1. The third kappa shape index (κ3) is 4.43. The predicted octanol–water partition coefficient (Wildman–Crippen LogP) is 1.42. The summed E-state index contributed by atoms with van der Waals surface area (Å²) in [6, 6.07) is -0.169. The lowest BCUT2D eigenvalue weighted by molar-refractivity contribution is 0.0290. The van der Waals surface area contributed by atoms with E-state index in [0.29, 0.717) is 11.6 Å². The van der Waals surface area contributed by atoms with Gasteiger partial charge < -0.3 is 9.64 Å². The van der Waals surface area contributed by atoms with Gasteiger partial charge in [0, 0.05) is 13.2 Å². The Morgan fingerprint density at radius 3 is 2.70 bits per heavy atom. The van der Waals surface area contributed by atoms with E-state index in [2.05, 4.69) is 22.3 Å². The Morgan fingerprint density at radius 1 is 1.50 bits per heavy atom. The average molecular weight is 304 g/mol. The van der Waals surface area contributed by atoms with Gasteiger partial charge in [0.15, 0.2) is 0 Å². The summed E-state index contributed by atoms with van der Waals surface area (Å²) in [6.45, 7) is 6.32. The van der Waals surface area contributed by atoms with E-state index in [4.69, 9.17) is 22.2 Å². The first kappa shape index (κ1) is 17.4. The average Bonchev–Trinajstić information content (AvgIpc) is 2.78. The summed E-state index contributed by atoms with van der Waals surface area (Å²) in [6.07, 6.45) is 2.48. The highest BCUT2D eigenvalue weighted by Crippen LogP contribution is 2.27. The summed E-state index contributed by atoms with van der Waals surface area (Å²) in [5, 5.41) is 4.96. The molecule has 20 heavy (non-hydrogen) atoms. The molecular weight excluding hydrogens is 278 g/mol. The van der Waals surface area contributed by atoms with E-state index in [0.717, 1.165) is 25.2 Å². The molecule has 0 fully saturated rings. The van der Waals surface area contributed by atoms with Crippen LogP contribution in [0.1, 0.15) is 32.0 Å². The first-order valence-corrected chi connectivity index (χ1v) is 7.36. The predicted molar refractivity (Wildman–Crippen MR) is 81.6 cm³/mol. The zero-order chi connectivity index (χ0) is 15.1.